The van der Waals surface area contributed by atoms with Gasteiger partial charge in [-0.05, 0) is 94.1 Å². The molecule has 0 fully saturated rings. The van der Waals surface area contributed by atoms with Gasteiger partial charge in [0.25, 0.3) is 5.91 Å². The molecule has 4 rings (SSSR count). The maximum absolute atomic E-state index is 12.8. The fourth-order valence-corrected chi connectivity index (χ4v) is 4.78. The standard InChI is InChI=1S/C21H14I2N2OS/c1-12-6-7-13(21-25-17-4-2-3-5-19(17)27-21)10-18(12)24-20(26)15-11-14(22)8-9-16(15)23/h2-11H,1H3,(H,24,26). The van der Waals surface area contributed by atoms with Crippen molar-refractivity contribution in [3.8, 4) is 10.6 Å². The highest BCUT2D eigenvalue weighted by Crippen LogP contribution is 2.32. The number of para-hydroxylation sites is 1. The van der Waals surface area contributed by atoms with E-state index in [0.717, 1.165) is 39.2 Å². The van der Waals surface area contributed by atoms with Crippen molar-refractivity contribution in [2.75, 3.05) is 5.32 Å². The number of aromatic nitrogens is 1. The molecule has 3 aromatic carbocycles. The number of fused-ring (bicyclic) bond motifs is 1. The molecule has 0 spiro atoms. The monoisotopic (exact) mass is 596 g/mol. The Bertz CT molecular complexity index is 1140. The van der Waals surface area contributed by atoms with E-state index in [0.29, 0.717) is 5.56 Å². The summed E-state index contributed by atoms with van der Waals surface area (Å²) in [5.74, 6) is -0.0949. The SMILES string of the molecule is Cc1ccc(-c2nc3ccccc3s2)cc1NC(=O)c1cc(I)ccc1I. The number of carbonyl (C=O) groups is 1. The van der Waals surface area contributed by atoms with Crippen molar-refractivity contribution in [2.24, 2.45) is 0 Å². The molecular formula is C21H14I2N2OS. The molecule has 0 atom stereocenters. The van der Waals surface area contributed by atoms with Crippen molar-refractivity contribution in [3.05, 3.63) is 78.9 Å². The summed E-state index contributed by atoms with van der Waals surface area (Å²) in [7, 11) is 0. The number of amides is 1. The Morgan fingerprint density at radius 2 is 1.85 bits per heavy atom. The van der Waals surface area contributed by atoms with Crippen LogP contribution in [-0.2, 0) is 0 Å². The average molecular weight is 596 g/mol. The van der Waals surface area contributed by atoms with Crippen LogP contribution in [0.1, 0.15) is 15.9 Å². The highest BCUT2D eigenvalue weighted by atomic mass is 127. The summed E-state index contributed by atoms with van der Waals surface area (Å²) in [6.45, 7) is 2.00. The van der Waals surface area contributed by atoms with Crippen molar-refractivity contribution in [1.82, 2.24) is 4.98 Å². The van der Waals surface area contributed by atoms with Crippen LogP contribution in [0.25, 0.3) is 20.8 Å². The number of benzene rings is 3. The van der Waals surface area contributed by atoms with Gasteiger partial charge in [-0.25, -0.2) is 4.98 Å². The molecule has 1 amide bonds. The number of rotatable bonds is 3. The van der Waals surface area contributed by atoms with Crippen LogP contribution < -0.4 is 5.32 Å². The number of halogens is 2. The summed E-state index contributed by atoms with van der Waals surface area (Å²) >= 11 is 6.08. The van der Waals surface area contributed by atoms with E-state index < -0.39 is 0 Å². The summed E-state index contributed by atoms with van der Waals surface area (Å²) in [4.78, 5) is 17.5. The Kier molecular flexibility index (Phi) is 5.47. The molecule has 0 aliphatic heterocycles. The molecule has 0 unspecified atom stereocenters. The molecule has 27 heavy (non-hydrogen) atoms. The van der Waals surface area contributed by atoms with E-state index in [4.69, 9.17) is 4.98 Å². The molecule has 6 heteroatoms. The lowest BCUT2D eigenvalue weighted by Crippen LogP contribution is -2.14. The fraction of sp³-hybridized carbons (Fsp3) is 0.0476. The van der Waals surface area contributed by atoms with E-state index in [9.17, 15) is 4.79 Å². The maximum atomic E-state index is 12.8. The third-order valence-electron chi connectivity index (χ3n) is 4.20. The van der Waals surface area contributed by atoms with Gasteiger partial charge in [-0.1, -0.05) is 24.3 Å². The predicted octanol–water partition coefficient (Wildman–Crippen LogP) is 6.73. The first kappa shape index (κ1) is 18.8. The molecule has 0 radical (unpaired) electrons. The van der Waals surface area contributed by atoms with E-state index in [-0.39, 0.29) is 5.91 Å². The van der Waals surface area contributed by atoms with Crippen molar-refractivity contribution >= 4 is 78.3 Å². The average Bonchev–Trinajstić information content (AvgIpc) is 3.09. The first-order chi connectivity index (χ1) is 13.0. The second-order valence-corrected chi connectivity index (χ2v) is 9.53. The largest absolute Gasteiger partial charge is 0.322 e. The highest BCUT2D eigenvalue weighted by molar-refractivity contribution is 14.1. The normalized spacial score (nSPS) is 10.9. The number of thiazole rings is 1. The summed E-state index contributed by atoms with van der Waals surface area (Å²) < 4.78 is 3.13. The van der Waals surface area contributed by atoms with Crippen molar-refractivity contribution < 1.29 is 4.79 Å². The minimum absolute atomic E-state index is 0.0949. The molecule has 134 valence electrons. The molecule has 1 N–H and O–H groups in total. The van der Waals surface area contributed by atoms with Crippen LogP contribution in [0.4, 0.5) is 5.69 Å². The van der Waals surface area contributed by atoms with Gasteiger partial charge in [-0.3, -0.25) is 4.79 Å². The molecule has 1 aromatic heterocycles. The highest BCUT2D eigenvalue weighted by Gasteiger charge is 2.14. The molecule has 4 aromatic rings. The minimum atomic E-state index is -0.0949. The number of nitrogens with one attached hydrogen (secondary N) is 1. The van der Waals surface area contributed by atoms with Crippen molar-refractivity contribution in [2.45, 2.75) is 6.92 Å². The number of hydrogen-bond acceptors (Lipinski definition) is 3. The van der Waals surface area contributed by atoms with Crippen LogP contribution in [0.5, 0.6) is 0 Å². The van der Waals surface area contributed by atoms with E-state index in [2.05, 4.69) is 62.6 Å². The van der Waals surface area contributed by atoms with Crippen molar-refractivity contribution in [3.63, 3.8) is 0 Å². The molecule has 0 saturated carbocycles. The van der Waals surface area contributed by atoms with Gasteiger partial charge in [0.15, 0.2) is 0 Å². The van der Waals surface area contributed by atoms with E-state index in [1.54, 1.807) is 11.3 Å². The van der Waals surface area contributed by atoms with Gasteiger partial charge in [-0.2, -0.15) is 0 Å². The molecule has 0 aliphatic carbocycles. The molecule has 3 nitrogen and oxygen atoms in total. The molecule has 0 bridgehead atoms. The lowest BCUT2D eigenvalue weighted by molar-refractivity contribution is 0.102. The number of nitrogens with zero attached hydrogens (tertiary/aromatic N) is 1. The van der Waals surface area contributed by atoms with Gasteiger partial charge >= 0.3 is 0 Å². The van der Waals surface area contributed by atoms with E-state index >= 15 is 0 Å². The smallest absolute Gasteiger partial charge is 0.256 e. The summed E-state index contributed by atoms with van der Waals surface area (Å²) in [5, 5.41) is 4.02. The van der Waals surface area contributed by atoms with Crippen LogP contribution in [0.2, 0.25) is 0 Å². The number of anilines is 1. The Morgan fingerprint density at radius 1 is 1.04 bits per heavy atom. The zero-order valence-electron chi connectivity index (χ0n) is 14.3. The summed E-state index contributed by atoms with van der Waals surface area (Å²) in [5.41, 5.74) is 4.53. The zero-order chi connectivity index (χ0) is 19.0. The van der Waals surface area contributed by atoms with Crippen molar-refractivity contribution in [1.29, 1.82) is 0 Å². The second-order valence-electron chi connectivity index (χ2n) is 6.09. The Labute approximate surface area is 188 Å². The van der Waals surface area contributed by atoms with Gasteiger partial charge in [0.05, 0.1) is 15.8 Å². The van der Waals surface area contributed by atoms with Crippen LogP contribution in [0.3, 0.4) is 0 Å². The van der Waals surface area contributed by atoms with E-state index in [1.807, 2.05) is 55.5 Å². The van der Waals surface area contributed by atoms with Gasteiger partial charge in [-0.15, -0.1) is 11.3 Å². The third kappa shape index (κ3) is 4.02. The quantitative estimate of drug-likeness (QED) is 0.267. The molecule has 0 aliphatic rings. The lowest BCUT2D eigenvalue weighted by Gasteiger charge is -2.11. The lowest BCUT2D eigenvalue weighted by atomic mass is 10.1. The molecular weight excluding hydrogens is 582 g/mol. The summed E-state index contributed by atoms with van der Waals surface area (Å²) in [6.07, 6.45) is 0. The van der Waals surface area contributed by atoms with Crippen LogP contribution >= 0.6 is 56.5 Å². The summed E-state index contributed by atoms with van der Waals surface area (Å²) in [6, 6.07) is 20.1. The Balaban J connectivity index is 1.68. The van der Waals surface area contributed by atoms with E-state index in [1.165, 1.54) is 0 Å². The first-order valence-electron chi connectivity index (χ1n) is 8.24. The molecule has 0 saturated heterocycles. The van der Waals surface area contributed by atoms with Crippen LogP contribution in [0, 0.1) is 14.1 Å². The van der Waals surface area contributed by atoms with Gasteiger partial charge < -0.3 is 5.32 Å². The Morgan fingerprint density at radius 3 is 2.67 bits per heavy atom. The van der Waals surface area contributed by atoms with Gasteiger partial charge in [0.2, 0.25) is 0 Å². The number of carbonyl (C=O) groups excluding carboxylic acids is 1. The zero-order valence-corrected chi connectivity index (χ0v) is 19.4. The van der Waals surface area contributed by atoms with Crippen LogP contribution in [-0.4, -0.2) is 10.9 Å². The molecule has 1 heterocycles. The number of aryl methyl sites for hydroxylation is 1. The predicted molar refractivity (Wildman–Crippen MR) is 130 cm³/mol. The third-order valence-corrected chi connectivity index (χ3v) is 6.90. The minimum Gasteiger partial charge on any atom is -0.322 e. The van der Waals surface area contributed by atoms with Crippen LogP contribution in [0.15, 0.2) is 60.7 Å². The maximum Gasteiger partial charge on any atom is 0.256 e. The van der Waals surface area contributed by atoms with Gasteiger partial charge in [0, 0.05) is 18.4 Å². The first-order valence-corrected chi connectivity index (χ1v) is 11.2. The Hall–Kier alpha value is -1.52. The fourth-order valence-electron chi connectivity index (χ4n) is 2.75. The topological polar surface area (TPSA) is 42.0 Å². The second kappa shape index (κ2) is 7.84. The number of hydrogen-bond donors (Lipinski definition) is 1. The van der Waals surface area contributed by atoms with Gasteiger partial charge in [0.1, 0.15) is 5.01 Å².